The van der Waals surface area contributed by atoms with Gasteiger partial charge in [-0.3, -0.25) is 4.79 Å². The molecule has 188 valence electrons. The van der Waals surface area contributed by atoms with Crippen molar-refractivity contribution in [3.05, 3.63) is 89.7 Å². The van der Waals surface area contributed by atoms with Gasteiger partial charge in [0.2, 0.25) is 8.32 Å². The van der Waals surface area contributed by atoms with Crippen molar-refractivity contribution in [2.45, 2.75) is 59.0 Å². The molecular formula is C30H34O5Si. The summed E-state index contributed by atoms with van der Waals surface area (Å²) in [5.41, 5.74) is 2.66. The second-order valence-corrected chi connectivity index (χ2v) is 15.3. The quantitative estimate of drug-likeness (QED) is 0.171. The largest absolute Gasteiger partial charge is 0.543 e. The molecule has 36 heavy (non-hydrogen) atoms. The van der Waals surface area contributed by atoms with Crippen LogP contribution in [0.4, 0.5) is 0 Å². The fourth-order valence-corrected chi connectivity index (χ4v) is 4.52. The topological polar surface area (TPSA) is 57.9 Å². The van der Waals surface area contributed by atoms with Gasteiger partial charge in [0.1, 0.15) is 36.0 Å². The first-order chi connectivity index (χ1) is 17.0. The minimum absolute atomic E-state index is 0.0386. The van der Waals surface area contributed by atoms with Crippen LogP contribution in [0.3, 0.4) is 0 Å². The third-order valence-corrected chi connectivity index (χ3v) is 11.0. The van der Waals surface area contributed by atoms with Crippen molar-refractivity contribution in [3.63, 3.8) is 0 Å². The summed E-state index contributed by atoms with van der Waals surface area (Å²) in [6.45, 7) is 13.3. The van der Waals surface area contributed by atoms with Crippen molar-refractivity contribution >= 4 is 25.1 Å². The molecule has 0 bridgehead atoms. The number of ether oxygens (including phenoxy) is 2. The summed E-state index contributed by atoms with van der Waals surface area (Å²) < 4.78 is 24.6. The zero-order chi connectivity index (χ0) is 25.9. The van der Waals surface area contributed by atoms with Crippen molar-refractivity contribution < 1.29 is 23.1 Å². The average molecular weight is 503 g/mol. The standard InChI is InChI=1S/C30H34O5Si/c1-21(31)27-18-26-28(16-25(17-29(26)34-27)35-36(5,6)30(2,3)4)33-20-23-13-10-14-24(15-23)32-19-22-11-8-7-9-12-22/h7-18H,19-20H2,1-6H3. The summed E-state index contributed by atoms with van der Waals surface area (Å²) in [5.74, 6) is 2.26. The lowest BCUT2D eigenvalue weighted by Gasteiger charge is -2.36. The summed E-state index contributed by atoms with van der Waals surface area (Å²) >= 11 is 0. The van der Waals surface area contributed by atoms with E-state index in [4.69, 9.17) is 18.3 Å². The molecule has 1 aromatic heterocycles. The number of ketones is 1. The van der Waals surface area contributed by atoms with E-state index in [1.165, 1.54) is 6.92 Å². The SMILES string of the molecule is CC(=O)c1cc2c(OCc3cccc(OCc4ccccc4)c3)cc(O[Si](C)(C)C(C)(C)C)cc2o1. The molecule has 0 saturated carbocycles. The second kappa shape index (κ2) is 10.2. The maximum absolute atomic E-state index is 12.0. The Labute approximate surface area is 214 Å². The third-order valence-electron chi connectivity index (χ3n) is 6.64. The number of carbonyl (C=O) groups excluding carboxylic acids is 1. The van der Waals surface area contributed by atoms with Crippen LogP contribution in [-0.2, 0) is 13.2 Å². The van der Waals surface area contributed by atoms with E-state index in [9.17, 15) is 4.79 Å². The van der Waals surface area contributed by atoms with Crippen molar-refractivity contribution in [1.29, 1.82) is 0 Å². The summed E-state index contributed by atoms with van der Waals surface area (Å²) in [5, 5.41) is 0.788. The Morgan fingerprint density at radius 2 is 1.53 bits per heavy atom. The van der Waals surface area contributed by atoms with Crippen LogP contribution in [0.5, 0.6) is 17.2 Å². The number of hydrogen-bond acceptors (Lipinski definition) is 5. The molecule has 3 aromatic carbocycles. The summed E-state index contributed by atoms with van der Waals surface area (Å²) in [6, 6.07) is 23.4. The van der Waals surface area contributed by atoms with Crippen LogP contribution < -0.4 is 13.9 Å². The number of Topliss-reactive ketones (excluding diaryl/α,β-unsaturated/α-hetero) is 1. The Morgan fingerprint density at radius 1 is 0.833 bits per heavy atom. The van der Waals surface area contributed by atoms with E-state index in [-0.39, 0.29) is 10.8 Å². The first-order valence-corrected chi connectivity index (χ1v) is 15.1. The molecule has 5 nitrogen and oxygen atoms in total. The molecule has 4 rings (SSSR count). The van der Waals surface area contributed by atoms with E-state index in [2.05, 4.69) is 33.9 Å². The monoisotopic (exact) mass is 502 g/mol. The van der Waals surface area contributed by atoms with Gasteiger partial charge in [0.25, 0.3) is 0 Å². The highest BCUT2D eigenvalue weighted by Crippen LogP contribution is 2.40. The Morgan fingerprint density at radius 3 is 2.22 bits per heavy atom. The molecule has 6 heteroatoms. The van der Waals surface area contributed by atoms with E-state index in [1.54, 1.807) is 6.07 Å². The maximum atomic E-state index is 12.0. The molecule has 0 aliphatic carbocycles. The van der Waals surface area contributed by atoms with Crippen LogP contribution in [-0.4, -0.2) is 14.1 Å². The molecular weight excluding hydrogens is 468 g/mol. The molecule has 0 amide bonds. The minimum Gasteiger partial charge on any atom is -0.543 e. The summed E-state index contributed by atoms with van der Waals surface area (Å²) in [6.07, 6.45) is 0. The van der Waals surface area contributed by atoms with E-state index in [1.807, 2.05) is 66.7 Å². The van der Waals surface area contributed by atoms with Gasteiger partial charge in [-0.05, 0) is 47.5 Å². The average Bonchev–Trinajstić information content (AvgIpc) is 3.26. The van der Waals surface area contributed by atoms with E-state index >= 15 is 0 Å². The van der Waals surface area contributed by atoms with Gasteiger partial charge < -0.3 is 18.3 Å². The Kier molecular flexibility index (Phi) is 7.27. The maximum Gasteiger partial charge on any atom is 0.250 e. The fraction of sp³-hybridized carbons (Fsp3) is 0.300. The van der Waals surface area contributed by atoms with Gasteiger partial charge in [-0.2, -0.15) is 0 Å². The highest BCUT2D eigenvalue weighted by Gasteiger charge is 2.39. The highest BCUT2D eigenvalue weighted by atomic mass is 28.4. The molecule has 0 atom stereocenters. The van der Waals surface area contributed by atoms with Crippen molar-refractivity contribution in [2.75, 3.05) is 0 Å². The molecule has 0 saturated heterocycles. The van der Waals surface area contributed by atoms with Gasteiger partial charge in [0.05, 0.1) is 5.39 Å². The van der Waals surface area contributed by atoms with Gasteiger partial charge in [-0.15, -0.1) is 0 Å². The smallest absolute Gasteiger partial charge is 0.250 e. The Bertz CT molecular complexity index is 1350. The molecule has 0 spiro atoms. The zero-order valence-corrected chi connectivity index (χ0v) is 22.9. The van der Waals surface area contributed by atoms with Crippen LogP contribution in [0.2, 0.25) is 18.1 Å². The molecule has 0 radical (unpaired) electrons. The van der Waals surface area contributed by atoms with E-state index in [0.717, 1.165) is 22.3 Å². The van der Waals surface area contributed by atoms with Crippen LogP contribution in [0.15, 0.2) is 77.2 Å². The van der Waals surface area contributed by atoms with Gasteiger partial charge in [-0.25, -0.2) is 0 Å². The van der Waals surface area contributed by atoms with Crippen molar-refractivity contribution in [1.82, 2.24) is 0 Å². The molecule has 0 N–H and O–H groups in total. The van der Waals surface area contributed by atoms with Crippen LogP contribution in [0.1, 0.15) is 49.4 Å². The lowest BCUT2D eigenvalue weighted by Crippen LogP contribution is -2.43. The molecule has 0 unspecified atom stereocenters. The van der Waals surface area contributed by atoms with Crippen LogP contribution in [0, 0.1) is 0 Å². The number of furan rings is 1. The second-order valence-electron chi connectivity index (χ2n) is 10.6. The van der Waals surface area contributed by atoms with Gasteiger partial charge in [0.15, 0.2) is 11.5 Å². The Balaban J connectivity index is 1.56. The van der Waals surface area contributed by atoms with Gasteiger partial charge in [0, 0.05) is 19.1 Å². The lowest BCUT2D eigenvalue weighted by atomic mass is 10.2. The van der Waals surface area contributed by atoms with Crippen LogP contribution in [0.25, 0.3) is 11.0 Å². The number of hydrogen-bond donors (Lipinski definition) is 0. The molecule has 1 heterocycles. The molecule has 0 aliphatic heterocycles. The lowest BCUT2D eigenvalue weighted by molar-refractivity contribution is 0.0989. The third kappa shape index (κ3) is 6.00. The first kappa shape index (κ1) is 25.6. The van der Waals surface area contributed by atoms with Gasteiger partial charge in [-0.1, -0.05) is 63.2 Å². The molecule has 0 fully saturated rings. The summed E-state index contributed by atoms with van der Waals surface area (Å²) in [7, 11) is -2.08. The van der Waals surface area contributed by atoms with Crippen molar-refractivity contribution in [2.24, 2.45) is 0 Å². The number of carbonyl (C=O) groups is 1. The first-order valence-electron chi connectivity index (χ1n) is 12.2. The highest BCUT2D eigenvalue weighted by molar-refractivity contribution is 6.74. The van der Waals surface area contributed by atoms with Gasteiger partial charge >= 0.3 is 0 Å². The molecule has 0 aliphatic rings. The zero-order valence-electron chi connectivity index (χ0n) is 21.9. The number of benzene rings is 3. The van der Waals surface area contributed by atoms with E-state index < -0.39 is 8.32 Å². The normalized spacial score (nSPS) is 11.9. The minimum atomic E-state index is -2.08. The summed E-state index contributed by atoms with van der Waals surface area (Å²) in [4.78, 5) is 12.0. The number of rotatable bonds is 9. The molecule has 4 aromatic rings. The fourth-order valence-electron chi connectivity index (χ4n) is 3.51. The Hall–Kier alpha value is -3.51. The predicted molar refractivity (Wildman–Crippen MR) is 146 cm³/mol. The van der Waals surface area contributed by atoms with Crippen LogP contribution >= 0.6 is 0 Å². The predicted octanol–water partition coefficient (Wildman–Crippen LogP) is 8.18. The van der Waals surface area contributed by atoms with E-state index in [0.29, 0.717) is 36.1 Å². The van der Waals surface area contributed by atoms with Crippen molar-refractivity contribution in [3.8, 4) is 17.2 Å². The number of fused-ring (bicyclic) bond motifs is 1.